The first kappa shape index (κ1) is 22.7. The molecule has 168 valence electrons. The van der Waals surface area contributed by atoms with E-state index in [-0.39, 0.29) is 23.7 Å². The lowest BCUT2D eigenvalue weighted by Gasteiger charge is -2.28. The molecule has 0 spiro atoms. The number of nitrogens with one attached hydrogen (secondary N) is 1. The van der Waals surface area contributed by atoms with Gasteiger partial charge in [0.1, 0.15) is 5.82 Å². The number of rotatable bonds is 6. The van der Waals surface area contributed by atoms with Gasteiger partial charge in [-0.2, -0.15) is 4.31 Å². The Hall–Kier alpha value is -2.46. The Bertz CT molecular complexity index is 1360. The van der Waals surface area contributed by atoms with E-state index in [1.807, 2.05) is 0 Å². The van der Waals surface area contributed by atoms with Gasteiger partial charge >= 0.3 is 0 Å². The number of benzene rings is 3. The second-order valence-corrected chi connectivity index (χ2v) is 11.6. The highest BCUT2D eigenvalue weighted by Crippen LogP contribution is 2.28. The van der Waals surface area contributed by atoms with Gasteiger partial charge in [-0.25, -0.2) is 21.2 Å². The Morgan fingerprint density at radius 2 is 1.69 bits per heavy atom. The molecule has 3 aromatic carbocycles. The Balaban J connectivity index is 1.53. The molecule has 32 heavy (non-hydrogen) atoms. The molecule has 0 bridgehead atoms. The van der Waals surface area contributed by atoms with E-state index in [1.54, 1.807) is 42.5 Å². The summed E-state index contributed by atoms with van der Waals surface area (Å²) in [5.74, 6) is -0.752. The highest BCUT2D eigenvalue weighted by molar-refractivity contribution is 7.91. The summed E-state index contributed by atoms with van der Waals surface area (Å²) in [4.78, 5) is 0.0146. The van der Waals surface area contributed by atoms with Crippen molar-refractivity contribution in [1.82, 2.24) is 4.31 Å². The first-order chi connectivity index (χ1) is 15.1. The molecule has 3 aromatic rings. The van der Waals surface area contributed by atoms with Gasteiger partial charge in [0.05, 0.1) is 10.6 Å². The molecular weight excluding hydrogens is 475 g/mol. The van der Waals surface area contributed by atoms with Crippen LogP contribution in [0.25, 0.3) is 0 Å². The third-order valence-corrected chi connectivity index (χ3v) is 8.51. The molecule has 0 amide bonds. The highest BCUT2D eigenvalue weighted by atomic mass is 35.5. The molecule has 0 fully saturated rings. The number of sulfonamides is 2. The lowest BCUT2D eigenvalue weighted by atomic mass is 10.0. The lowest BCUT2D eigenvalue weighted by Crippen LogP contribution is -2.36. The minimum atomic E-state index is -3.80. The molecule has 1 heterocycles. The SMILES string of the molecule is O=S(=O)(Cc1cccc(Cl)c1)Nc1ccc2c(c1)CN(S(=O)(=O)c1ccc(F)cc1)CC2. The molecule has 1 N–H and O–H groups in total. The molecular formula is C22H20ClFN2O4S2. The van der Waals surface area contributed by atoms with Crippen LogP contribution in [0.1, 0.15) is 16.7 Å². The van der Waals surface area contributed by atoms with Gasteiger partial charge in [0.15, 0.2) is 0 Å². The topological polar surface area (TPSA) is 83.6 Å². The van der Waals surface area contributed by atoms with Crippen LogP contribution < -0.4 is 4.72 Å². The quantitative estimate of drug-likeness (QED) is 0.557. The van der Waals surface area contributed by atoms with Crippen molar-refractivity contribution in [2.75, 3.05) is 11.3 Å². The van der Waals surface area contributed by atoms with Gasteiger partial charge in [0, 0.05) is 23.8 Å². The molecule has 1 aliphatic rings. The van der Waals surface area contributed by atoms with Gasteiger partial charge < -0.3 is 0 Å². The summed E-state index contributed by atoms with van der Waals surface area (Å²) < 4.78 is 68.1. The third kappa shape index (κ3) is 5.12. The largest absolute Gasteiger partial charge is 0.283 e. The van der Waals surface area contributed by atoms with E-state index in [9.17, 15) is 21.2 Å². The van der Waals surface area contributed by atoms with E-state index in [4.69, 9.17) is 11.6 Å². The molecule has 1 aliphatic heterocycles. The molecule has 6 nitrogen and oxygen atoms in total. The van der Waals surface area contributed by atoms with Crippen LogP contribution in [-0.4, -0.2) is 27.7 Å². The predicted molar refractivity (Wildman–Crippen MR) is 122 cm³/mol. The Morgan fingerprint density at radius 1 is 0.938 bits per heavy atom. The molecule has 4 rings (SSSR count). The Kier molecular flexibility index (Phi) is 6.26. The van der Waals surface area contributed by atoms with Crippen molar-refractivity contribution in [1.29, 1.82) is 0 Å². The van der Waals surface area contributed by atoms with Crippen molar-refractivity contribution >= 4 is 37.3 Å². The average Bonchev–Trinajstić information content (AvgIpc) is 2.73. The van der Waals surface area contributed by atoms with Crippen molar-refractivity contribution < 1.29 is 21.2 Å². The summed E-state index contributed by atoms with van der Waals surface area (Å²) in [7, 11) is -7.49. The van der Waals surface area contributed by atoms with Crippen molar-refractivity contribution in [3.8, 4) is 0 Å². The molecule has 0 aromatic heterocycles. The minimum Gasteiger partial charge on any atom is -0.283 e. The smallest absolute Gasteiger partial charge is 0.243 e. The summed E-state index contributed by atoms with van der Waals surface area (Å²) in [6, 6.07) is 16.4. The van der Waals surface area contributed by atoms with Crippen LogP contribution in [-0.2, 0) is 38.8 Å². The van der Waals surface area contributed by atoms with Gasteiger partial charge in [-0.15, -0.1) is 0 Å². The molecule has 0 saturated heterocycles. The number of hydrogen-bond donors (Lipinski definition) is 1. The fraction of sp³-hybridized carbons (Fsp3) is 0.182. The number of hydrogen-bond acceptors (Lipinski definition) is 4. The maximum atomic E-state index is 13.2. The summed E-state index contributed by atoms with van der Waals surface area (Å²) in [6.07, 6.45) is 0.491. The molecule has 0 unspecified atom stereocenters. The van der Waals surface area contributed by atoms with Crippen molar-refractivity contribution in [2.24, 2.45) is 0 Å². The number of fused-ring (bicyclic) bond motifs is 1. The number of halogens is 2. The van der Waals surface area contributed by atoms with Crippen LogP contribution >= 0.6 is 11.6 Å². The minimum absolute atomic E-state index is 0.0146. The highest BCUT2D eigenvalue weighted by Gasteiger charge is 2.28. The first-order valence-corrected chi connectivity index (χ1v) is 13.2. The summed E-state index contributed by atoms with van der Waals surface area (Å²) in [6.45, 7) is 0.380. The fourth-order valence-electron chi connectivity index (χ4n) is 3.62. The van der Waals surface area contributed by atoms with Crippen LogP contribution in [0.5, 0.6) is 0 Å². The van der Waals surface area contributed by atoms with E-state index in [0.29, 0.717) is 28.3 Å². The van der Waals surface area contributed by atoms with Crippen molar-refractivity contribution in [3.63, 3.8) is 0 Å². The molecule has 0 aliphatic carbocycles. The van der Waals surface area contributed by atoms with Gasteiger partial charge in [0.25, 0.3) is 0 Å². The van der Waals surface area contributed by atoms with Gasteiger partial charge in [-0.05, 0) is 71.6 Å². The van der Waals surface area contributed by atoms with Crippen LogP contribution in [0.15, 0.2) is 71.6 Å². The normalized spacial score (nSPS) is 14.7. The lowest BCUT2D eigenvalue weighted by molar-refractivity contribution is 0.391. The zero-order valence-electron chi connectivity index (χ0n) is 16.8. The van der Waals surface area contributed by atoms with E-state index >= 15 is 0 Å². The van der Waals surface area contributed by atoms with E-state index in [1.165, 1.54) is 16.4 Å². The summed E-state index contributed by atoms with van der Waals surface area (Å²) in [5, 5.41) is 0.453. The van der Waals surface area contributed by atoms with Crippen LogP contribution in [0.4, 0.5) is 10.1 Å². The van der Waals surface area contributed by atoms with Gasteiger partial charge in [-0.1, -0.05) is 29.8 Å². The number of anilines is 1. The van der Waals surface area contributed by atoms with Crippen molar-refractivity contribution in [3.05, 3.63) is 94.3 Å². The fourth-order valence-corrected chi connectivity index (χ4v) is 6.43. The predicted octanol–water partition coefficient (Wildman–Crippen LogP) is 4.17. The molecule has 0 radical (unpaired) electrons. The van der Waals surface area contributed by atoms with Crippen molar-refractivity contribution in [2.45, 2.75) is 23.6 Å². The second kappa shape index (κ2) is 8.82. The van der Waals surface area contributed by atoms with E-state index in [0.717, 1.165) is 17.7 Å². The number of nitrogens with zero attached hydrogens (tertiary/aromatic N) is 1. The van der Waals surface area contributed by atoms with Gasteiger partial charge in [-0.3, -0.25) is 4.72 Å². The van der Waals surface area contributed by atoms with E-state index in [2.05, 4.69) is 4.72 Å². The maximum absolute atomic E-state index is 13.2. The Morgan fingerprint density at radius 3 is 2.41 bits per heavy atom. The first-order valence-electron chi connectivity index (χ1n) is 9.75. The van der Waals surface area contributed by atoms with Crippen LogP contribution in [0, 0.1) is 5.82 Å². The second-order valence-electron chi connectivity index (χ2n) is 7.52. The van der Waals surface area contributed by atoms with Gasteiger partial charge in [0.2, 0.25) is 20.0 Å². The van der Waals surface area contributed by atoms with Crippen LogP contribution in [0.3, 0.4) is 0 Å². The Labute approximate surface area is 191 Å². The summed E-state index contributed by atoms with van der Waals surface area (Å²) >= 11 is 5.93. The molecule has 0 saturated carbocycles. The monoisotopic (exact) mass is 494 g/mol. The average molecular weight is 495 g/mol. The molecule has 10 heteroatoms. The summed E-state index contributed by atoms with van der Waals surface area (Å²) in [5.41, 5.74) is 2.57. The molecule has 0 atom stereocenters. The zero-order valence-corrected chi connectivity index (χ0v) is 19.2. The third-order valence-electron chi connectivity index (χ3n) is 5.15. The maximum Gasteiger partial charge on any atom is 0.243 e. The van der Waals surface area contributed by atoms with Crippen LogP contribution in [0.2, 0.25) is 5.02 Å². The standard InChI is InChI=1S/C22H20ClFN2O4S2/c23-19-3-1-2-16(12-19)15-31(27,28)25-21-7-4-17-10-11-26(14-18(17)13-21)32(29,30)22-8-5-20(24)6-9-22/h1-9,12-13,25H,10-11,14-15H2. The zero-order chi connectivity index (χ0) is 22.9. The van der Waals surface area contributed by atoms with E-state index < -0.39 is 25.9 Å².